The van der Waals surface area contributed by atoms with E-state index in [0.717, 1.165) is 12.8 Å². The van der Waals surface area contributed by atoms with Crippen LogP contribution in [0.25, 0.3) is 0 Å². The molecule has 0 radical (unpaired) electrons. The van der Waals surface area contributed by atoms with E-state index in [0.29, 0.717) is 25.7 Å². The molecule has 2 aliphatic heterocycles. The van der Waals surface area contributed by atoms with E-state index >= 15 is 0 Å². The van der Waals surface area contributed by atoms with E-state index in [1.807, 2.05) is 7.05 Å². The monoisotopic (exact) mass is 439 g/mol. The Bertz CT molecular complexity index is 792. The highest BCUT2D eigenvalue weighted by Crippen LogP contribution is 2.46. The van der Waals surface area contributed by atoms with Gasteiger partial charge in [-0.1, -0.05) is 18.2 Å². The number of amides is 1. The number of hydrogen-bond donors (Lipinski definition) is 2. The van der Waals surface area contributed by atoms with E-state index in [-0.39, 0.29) is 47.2 Å². The number of unbranched alkanes of at least 4 members (excludes halogenated alkanes) is 2. The number of piperidine rings is 1. The van der Waals surface area contributed by atoms with Crippen LogP contribution >= 0.6 is 7.60 Å². The zero-order valence-corrected chi connectivity index (χ0v) is 18.1. The van der Waals surface area contributed by atoms with Gasteiger partial charge in [-0.15, -0.1) is 0 Å². The number of carbonyl (C=O) groups is 1. The van der Waals surface area contributed by atoms with E-state index in [1.54, 1.807) is 30.3 Å². The number of nitrogens with one attached hydrogen (secondary N) is 1. The standard InChI is InChI=1S/C20H30N3O6P/c1-22-15-11-12-17(22)20(21-19(24)10-6-3-7-13-23(25)26)18(14-15)29-30(27,28)16-8-4-2-5-9-16/h2,4-5,8-9,15,17-18,20H,3,6-7,10-14H2,1H3,(H,21,24)(H,27,28)/t15-,17+,18-,20+/m0/s1. The normalized spacial score (nSPS) is 28.1. The predicted molar refractivity (Wildman–Crippen MR) is 112 cm³/mol. The molecule has 0 aliphatic carbocycles. The second-order valence-electron chi connectivity index (χ2n) is 8.16. The summed E-state index contributed by atoms with van der Waals surface area (Å²) in [6.07, 6.45) is 3.81. The maximum absolute atomic E-state index is 12.9. The van der Waals surface area contributed by atoms with Gasteiger partial charge in [-0.2, -0.15) is 0 Å². The van der Waals surface area contributed by atoms with E-state index in [9.17, 15) is 24.4 Å². The van der Waals surface area contributed by atoms with E-state index in [4.69, 9.17) is 4.52 Å². The lowest BCUT2D eigenvalue weighted by Crippen LogP contribution is -2.60. The van der Waals surface area contributed by atoms with Gasteiger partial charge in [-0.25, -0.2) is 0 Å². The minimum atomic E-state index is -4.01. The second kappa shape index (κ2) is 10.0. The molecule has 1 amide bonds. The number of fused-ring (bicyclic) bond motifs is 2. The molecule has 0 saturated carbocycles. The van der Waals surface area contributed by atoms with Gasteiger partial charge in [-0.3, -0.25) is 28.9 Å². The fourth-order valence-corrected chi connectivity index (χ4v) is 5.80. The molecular weight excluding hydrogens is 409 g/mol. The first-order valence-corrected chi connectivity index (χ1v) is 12.1. The van der Waals surface area contributed by atoms with Gasteiger partial charge >= 0.3 is 7.60 Å². The zero-order valence-electron chi connectivity index (χ0n) is 17.2. The van der Waals surface area contributed by atoms with Crippen molar-refractivity contribution in [2.45, 2.75) is 69.2 Å². The van der Waals surface area contributed by atoms with Crippen molar-refractivity contribution < 1.29 is 23.7 Å². The van der Waals surface area contributed by atoms with Gasteiger partial charge in [0.1, 0.15) is 0 Å². The third kappa shape index (κ3) is 5.66. The van der Waals surface area contributed by atoms with Crippen molar-refractivity contribution in [3.05, 3.63) is 40.4 Å². The van der Waals surface area contributed by atoms with Crippen LogP contribution < -0.4 is 10.6 Å². The lowest BCUT2D eigenvalue weighted by Gasteiger charge is -2.43. The van der Waals surface area contributed by atoms with Crippen molar-refractivity contribution in [3.63, 3.8) is 0 Å². The molecule has 2 fully saturated rings. The first-order chi connectivity index (χ1) is 14.3. The Morgan fingerprint density at radius 3 is 2.73 bits per heavy atom. The molecular formula is C20H30N3O6P. The molecule has 0 spiro atoms. The van der Waals surface area contributed by atoms with E-state index < -0.39 is 13.7 Å². The number of benzene rings is 1. The van der Waals surface area contributed by atoms with Gasteiger partial charge in [0.2, 0.25) is 12.5 Å². The Balaban J connectivity index is 1.62. The molecule has 1 aromatic rings. The molecule has 2 N–H and O–H groups in total. The fraction of sp³-hybridized carbons (Fsp3) is 0.650. The van der Waals surface area contributed by atoms with Crippen molar-refractivity contribution in [2.24, 2.45) is 0 Å². The quantitative estimate of drug-likeness (QED) is 0.248. The molecule has 2 bridgehead atoms. The topological polar surface area (TPSA) is 122 Å². The predicted octanol–water partition coefficient (Wildman–Crippen LogP) is 2.07. The van der Waals surface area contributed by atoms with Crippen LogP contribution in [0.1, 0.15) is 44.9 Å². The molecule has 9 nitrogen and oxygen atoms in total. The average molecular weight is 439 g/mol. The number of nitro groups is 1. The van der Waals surface area contributed by atoms with Gasteiger partial charge in [0.25, 0.3) is 0 Å². The van der Waals surface area contributed by atoms with Gasteiger partial charge in [0.15, 0.2) is 0 Å². The van der Waals surface area contributed by atoms with Crippen LogP contribution in [0.2, 0.25) is 0 Å². The highest BCUT2D eigenvalue weighted by Gasteiger charge is 2.48. The SMILES string of the molecule is CN1[C@H]2CC[C@@H]1[C@@H](NC(=O)CCCCC[N+](=O)[O-])[C@@H](OP(=O)(O)c1ccccc1)C2. The number of nitrogens with zero attached hydrogens (tertiary/aromatic N) is 2. The number of carbonyl (C=O) groups excluding carboxylic acids is 1. The summed E-state index contributed by atoms with van der Waals surface area (Å²) in [5.41, 5.74) is 0. The van der Waals surface area contributed by atoms with Crippen LogP contribution in [0.4, 0.5) is 0 Å². The van der Waals surface area contributed by atoms with Crippen LogP contribution in [-0.2, 0) is 13.9 Å². The molecule has 2 heterocycles. The summed E-state index contributed by atoms with van der Waals surface area (Å²) in [6, 6.07) is 8.26. The number of likely N-dealkylation sites (N-methyl/N-ethyl adjacent to an activating group) is 1. The molecule has 5 atom stereocenters. The summed E-state index contributed by atoms with van der Waals surface area (Å²) in [7, 11) is -1.99. The largest absolute Gasteiger partial charge is 0.359 e. The Morgan fingerprint density at radius 1 is 1.30 bits per heavy atom. The molecule has 0 aromatic heterocycles. The van der Waals surface area contributed by atoms with Crippen molar-refractivity contribution in [3.8, 4) is 0 Å². The first kappa shape index (κ1) is 22.9. The average Bonchev–Trinajstić information content (AvgIpc) is 2.95. The lowest BCUT2D eigenvalue weighted by molar-refractivity contribution is -0.480. The first-order valence-electron chi connectivity index (χ1n) is 10.5. The van der Waals surface area contributed by atoms with Gasteiger partial charge in [-0.05, 0) is 51.3 Å². The van der Waals surface area contributed by atoms with E-state index in [1.165, 1.54) is 0 Å². The summed E-state index contributed by atoms with van der Waals surface area (Å²) in [6.45, 7) is -0.0836. The third-order valence-electron chi connectivity index (χ3n) is 6.15. The molecule has 166 valence electrons. The van der Waals surface area contributed by atoms with Gasteiger partial charge < -0.3 is 10.2 Å². The summed E-state index contributed by atoms with van der Waals surface area (Å²) >= 11 is 0. The molecule has 3 rings (SSSR count). The fourth-order valence-electron chi connectivity index (χ4n) is 4.54. The van der Waals surface area contributed by atoms with Gasteiger partial charge in [0.05, 0.1) is 17.5 Å². The van der Waals surface area contributed by atoms with Crippen LogP contribution in [0, 0.1) is 10.1 Å². The summed E-state index contributed by atoms with van der Waals surface area (Å²) in [4.78, 5) is 35.3. The minimum Gasteiger partial charge on any atom is -0.349 e. The van der Waals surface area contributed by atoms with Gasteiger partial charge in [0, 0.05) is 29.8 Å². The van der Waals surface area contributed by atoms with Crippen LogP contribution in [-0.4, -0.2) is 58.4 Å². The molecule has 2 saturated heterocycles. The van der Waals surface area contributed by atoms with Crippen molar-refractivity contribution in [1.82, 2.24) is 10.2 Å². The molecule has 1 unspecified atom stereocenters. The summed E-state index contributed by atoms with van der Waals surface area (Å²) < 4.78 is 18.7. The molecule has 1 aromatic carbocycles. The zero-order chi connectivity index (χ0) is 21.7. The highest BCUT2D eigenvalue weighted by atomic mass is 31.2. The van der Waals surface area contributed by atoms with Crippen molar-refractivity contribution >= 4 is 18.8 Å². The van der Waals surface area contributed by atoms with Crippen molar-refractivity contribution in [1.29, 1.82) is 0 Å². The second-order valence-corrected chi connectivity index (χ2v) is 9.93. The third-order valence-corrected chi connectivity index (χ3v) is 7.65. The van der Waals surface area contributed by atoms with Crippen molar-refractivity contribution in [2.75, 3.05) is 13.6 Å². The Morgan fingerprint density at radius 2 is 2.03 bits per heavy atom. The van der Waals surface area contributed by atoms with Crippen LogP contribution in [0.5, 0.6) is 0 Å². The van der Waals surface area contributed by atoms with E-state index in [2.05, 4.69) is 10.2 Å². The Labute approximate surface area is 176 Å². The summed E-state index contributed by atoms with van der Waals surface area (Å²) in [5, 5.41) is 13.7. The smallest absolute Gasteiger partial charge is 0.349 e. The lowest BCUT2D eigenvalue weighted by atomic mass is 9.94. The maximum Gasteiger partial charge on any atom is 0.359 e. The Hall–Kier alpha value is -1.80. The molecule has 30 heavy (non-hydrogen) atoms. The summed E-state index contributed by atoms with van der Waals surface area (Å²) in [5.74, 6) is -0.152. The van der Waals surface area contributed by atoms with Crippen LogP contribution in [0.15, 0.2) is 30.3 Å². The molecule has 10 heteroatoms. The number of hydrogen-bond acceptors (Lipinski definition) is 6. The maximum atomic E-state index is 12.9. The minimum absolute atomic E-state index is 0.0583. The van der Waals surface area contributed by atoms with Crippen LogP contribution in [0.3, 0.4) is 0 Å². The Kier molecular flexibility index (Phi) is 7.63. The number of rotatable bonds is 10. The highest BCUT2D eigenvalue weighted by molar-refractivity contribution is 7.61. The molecule has 2 aliphatic rings.